The molecule has 0 saturated heterocycles. The highest BCUT2D eigenvalue weighted by Crippen LogP contribution is 2.28. The van der Waals surface area contributed by atoms with E-state index in [9.17, 15) is 9.90 Å². The van der Waals surface area contributed by atoms with Gasteiger partial charge in [0.15, 0.2) is 0 Å². The van der Waals surface area contributed by atoms with E-state index in [2.05, 4.69) is 39.6 Å². The molecule has 7 heteroatoms. The number of aromatic nitrogens is 2. The number of benzene rings is 1. The summed E-state index contributed by atoms with van der Waals surface area (Å²) in [5.41, 5.74) is 4.64. The Hall–Kier alpha value is -2.61. The molecule has 0 aliphatic heterocycles. The molecule has 1 aromatic carbocycles. The lowest BCUT2D eigenvalue weighted by atomic mass is 9.92. The lowest BCUT2D eigenvalue weighted by Gasteiger charge is -2.28. The van der Waals surface area contributed by atoms with Crippen LogP contribution in [-0.2, 0) is 6.42 Å². The van der Waals surface area contributed by atoms with Crippen molar-refractivity contribution in [2.75, 3.05) is 0 Å². The monoisotopic (exact) mass is 449 g/mol. The van der Waals surface area contributed by atoms with Crippen LogP contribution in [0.15, 0.2) is 53.4 Å². The minimum absolute atomic E-state index is 0.192. The van der Waals surface area contributed by atoms with Gasteiger partial charge in [-0.05, 0) is 47.9 Å². The minimum Gasteiger partial charge on any atom is -0.391 e. The molecule has 0 bridgehead atoms. The van der Waals surface area contributed by atoms with Crippen LogP contribution in [0, 0.1) is 0 Å². The molecular weight excluding hydrogens is 426 g/mol. The van der Waals surface area contributed by atoms with Gasteiger partial charge in [0.2, 0.25) is 0 Å². The fraction of sp³-hybridized carbons (Fsp3) is 0.292. The molecule has 0 unspecified atom stereocenters. The highest BCUT2D eigenvalue weighted by Gasteiger charge is 2.25. The highest BCUT2D eigenvalue weighted by molar-refractivity contribution is 7.17. The number of nitrogens with one attached hydrogen (secondary N) is 1. The Morgan fingerprint density at radius 2 is 1.94 bits per heavy atom. The SMILES string of the molecule is O=C(N[C@H]1CCCC[C@@H]1O)c1cc(Cc2ccc(-c3nccs3)cc2)c2sccc2n1. The zero-order valence-corrected chi connectivity index (χ0v) is 18.6. The summed E-state index contributed by atoms with van der Waals surface area (Å²) >= 11 is 3.28. The Morgan fingerprint density at radius 1 is 1.10 bits per heavy atom. The third kappa shape index (κ3) is 4.39. The summed E-state index contributed by atoms with van der Waals surface area (Å²) in [7, 11) is 0. The molecule has 1 fully saturated rings. The van der Waals surface area contributed by atoms with E-state index in [1.54, 1.807) is 22.7 Å². The van der Waals surface area contributed by atoms with E-state index >= 15 is 0 Å². The summed E-state index contributed by atoms with van der Waals surface area (Å²) in [4.78, 5) is 21.9. The fourth-order valence-electron chi connectivity index (χ4n) is 4.14. The number of amides is 1. The first-order chi connectivity index (χ1) is 15.2. The molecule has 158 valence electrons. The van der Waals surface area contributed by atoms with Gasteiger partial charge < -0.3 is 10.4 Å². The van der Waals surface area contributed by atoms with E-state index in [0.29, 0.717) is 5.69 Å². The number of carbonyl (C=O) groups excluding carboxylic acids is 1. The molecule has 1 amide bonds. The normalized spacial score (nSPS) is 18.9. The molecule has 4 aromatic rings. The number of fused-ring (bicyclic) bond motifs is 1. The summed E-state index contributed by atoms with van der Waals surface area (Å²) in [6, 6.07) is 12.1. The lowest BCUT2D eigenvalue weighted by molar-refractivity contribution is 0.0714. The zero-order chi connectivity index (χ0) is 21.2. The second kappa shape index (κ2) is 8.86. The van der Waals surface area contributed by atoms with Crippen molar-refractivity contribution in [1.29, 1.82) is 0 Å². The molecule has 0 radical (unpaired) electrons. The van der Waals surface area contributed by atoms with E-state index in [1.165, 1.54) is 5.56 Å². The highest BCUT2D eigenvalue weighted by atomic mass is 32.1. The first-order valence-electron chi connectivity index (χ1n) is 10.5. The van der Waals surface area contributed by atoms with Gasteiger partial charge in [0.05, 0.1) is 22.4 Å². The summed E-state index contributed by atoms with van der Waals surface area (Å²) in [6.45, 7) is 0. The number of nitrogens with zero attached hydrogens (tertiary/aromatic N) is 2. The number of rotatable bonds is 5. The van der Waals surface area contributed by atoms with Gasteiger partial charge in [0, 0.05) is 17.1 Å². The van der Waals surface area contributed by atoms with Crippen LogP contribution in [0.1, 0.15) is 47.3 Å². The maximum absolute atomic E-state index is 12.9. The predicted molar refractivity (Wildman–Crippen MR) is 126 cm³/mol. The van der Waals surface area contributed by atoms with Crippen molar-refractivity contribution >= 4 is 38.8 Å². The van der Waals surface area contributed by atoms with E-state index in [0.717, 1.165) is 58.5 Å². The lowest BCUT2D eigenvalue weighted by Crippen LogP contribution is -2.45. The number of thiazole rings is 1. The summed E-state index contributed by atoms with van der Waals surface area (Å²) in [5.74, 6) is -0.209. The quantitative estimate of drug-likeness (QED) is 0.447. The second-order valence-electron chi connectivity index (χ2n) is 7.94. The van der Waals surface area contributed by atoms with Crippen molar-refractivity contribution in [2.24, 2.45) is 0 Å². The topological polar surface area (TPSA) is 75.1 Å². The first-order valence-corrected chi connectivity index (χ1v) is 12.3. The molecule has 5 rings (SSSR count). The second-order valence-corrected chi connectivity index (χ2v) is 9.75. The van der Waals surface area contributed by atoms with Gasteiger partial charge in [-0.15, -0.1) is 22.7 Å². The third-order valence-electron chi connectivity index (χ3n) is 5.79. The summed E-state index contributed by atoms with van der Waals surface area (Å²) < 4.78 is 1.11. The Kier molecular flexibility index (Phi) is 5.80. The van der Waals surface area contributed by atoms with Gasteiger partial charge in [-0.1, -0.05) is 37.1 Å². The molecule has 2 atom stereocenters. The van der Waals surface area contributed by atoms with Gasteiger partial charge in [0.1, 0.15) is 10.7 Å². The Balaban J connectivity index is 1.39. The molecular formula is C24H23N3O2S2. The van der Waals surface area contributed by atoms with Crippen LogP contribution in [-0.4, -0.2) is 33.1 Å². The van der Waals surface area contributed by atoms with Crippen LogP contribution in [0.5, 0.6) is 0 Å². The van der Waals surface area contributed by atoms with E-state index in [1.807, 2.05) is 29.1 Å². The Bertz CT molecular complexity index is 1190. The van der Waals surface area contributed by atoms with Crippen LogP contribution in [0.3, 0.4) is 0 Å². The van der Waals surface area contributed by atoms with Gasteiger partial charge in [0.25, 0.3) is 5.91 Å². The standard InChI is InChI=1S/C24H23N3O2S2/c28-21-4-2-1-3-18(21)27-23(29)20-14-17(22-19(26-20)9-11-30-22)13-15-5-7-16(8-6-15)24-25-10-12-31-24/h5-12,14,18,21,28H,1-4,13H2,(H,27,29)/t18-,21-/m0/s1. The number of carbonyl (C=O) groups is 1. The minimum atomic E-state index is -0.474. The molecule has 1 aliphatic rings. The average molecular weight is 450 g/mol. The number of aliphatic hydroxyl groups is 1. The van der Waals surface area contributed by atoms with Crippen molar-refractivity contribution in [3.8, 4) is 10.6 Å². The van der Waals surface area contributed by atoms with Crippen molar-refractivity contribution in [3.05, 3.63) is 70.2 Å². The van der Waals surface area contributed by atoms with Crippen molar-refractivity contribution in [1.82, 2.24) is 15.3 Å². The Labute approximate surface area is 188 Å². The van der Waals surface area contributed by atoms with E-state index in [-0.39, 0.29) is 11.9 Å². The fourth-order valence-corrected chi connectivity index (χ4v) is 5.64. The molecule has 3 aromatic heterocycles. The van der Waals surface area contributed by atoms with Crippen LogP contribution < -0.4 is 5.32 Å². The number of aliphatic hydroxyl groups excluding tert-OH is 1. The van der Waals surface area contributed by atoms with Crippen molar-refractivity contribution < 1.29 is 9.90 Å². The van der Waals surface area contributed by atoms with Gasteiger partial charge >= 0.3 is 0 Å². The Morgan fingerprint density at radius 3 is 2.71 bits per heavy atom. The maximum atomic E-state index is 12.9. The maximum Gasteiger partial charge on any atom is 0.270 e. The molecule has 5 nitrogen and oxygen atoms in total. The van der Waals surface area contributed by atoms with Crippen molar-refractivity contribution in [3.63, 3.8) is 0 Å². The van der Waals surface area contributed by atoms with E-state index < -0.39 is 6.10 Å². The van der Waals surface area contributed by atoms with E-state index in [4.69, 9.17) is 0 Å². The molecule has 2 N–H and O–H groups in total. The smallest absolute Gasteiger partial charge is 0.270 e. The van der Waals surface area contributed by atoms with Gasteiger partial charge in [-0.3, -0.25) is 4.79 Å². The number of pyridine rings is 1. The molecule has 1 aliphatic carbocycles. The largest absolute Gasteiger partial charge is 0.391 e. The van der Waals surface area contributed by atoms with Crippen molar-refractivity contribution in [2.45, 2.75) is 44.2 Å². The molecule has 0 spiro atoms. The number of thiophene rings is 1. The number of hydrogen-bond acceptors (Lipinski definition) is 6. The molecule has 31 heavy (non-hydrogen) atoms. The molecule has 1 saturated carbocycles. The van der Waals surface area contributed by atoms with Crippen LogP contribution in [0.4, 0.5) is 0 Å². The predicted octanol–water partition coefficient (Wildman–Crippen LogP) is 5.04. The van der Waals surface area contributed by atoms with Crippen LogP contribution >= 0.6 is 22.7 Å². The third-order valence-corrected chi connectivity index (χ3v) is 7.60. The molecule has 3 heterocycles. The zero-order valence-electron chi connectivity index (χ0n) is 17.0. The van der Waals surface area contributed by atoms with Crippen LogP contribution in [0.25, 0.3) is 20.8 Å². The first kappa shape index (κ1) is 20.3. The summed E-state index contributed by atoms with van der Waals surface area (Å²) in [6.07, 6.45) is 5.66. The average Bonchev–Trinajstić information content (AvgIpc) is 3.48. The summed E-state index contributed by atoms with van der Waals surface area (Å²) in [5, 5.41) is 18.2. The van der Waals surface area contributed by atoms with Gasteiger partial charge in [-0.25, -0.2) is 9.97 Å². The van der Waals surface area contributed by atoms with Crippen LogP contribution in [0.2, 0.25) is 0 Å². The van der Waals surface area contributed by atoms with Gasteiger partial charge in [-0.2, -0.15) is 0 Å². The number of hydrogen-bond donors (Lipinski definition) is 2.